The molecular formula is C27H33N3O4S. The van der Waals surface area contributed by atoms with E-state index in [1.54, 1.807) is 26.8 Å². The van der Waals surface area contributed by atoms with Gasteiger partial charge < -0.3 is 10.1 Å². The van der Waals surface area contributed by atoms with Crippen molar-refractivity contribution in [1.29, 1.82) is 0 Å². The Bertz CT molecular complexity index is 1170. The molecule has 0 fully saturated rings. The third-order valence-electron chi connectivity index (χ3n) is 5.41. The van der Waals surface area contributed by atoms with E-state index >= 15 is 0 Å². The van der Waals surface area contributed by atoms with Gasteiger partial charge in [0.15, 0.2) is 0 Å². The number of esters is 1. The van der Waals surface area contributed by atoms with Gasteiger partial charge in [0, 0.05) is 12.4 Å². The molecule has 2 aromatic carbocycles. The largest absolute Gasteiger partial charge is 0.458 e. The molecule has 0 spiro atoms. The molecule has 186 valence electrons. The zero-order valence-corrected chi connectivity index (χ0v) is 21.5. The van der Waals surface area contributed by atoms with Gasteiger partial charge in [-0.15, -0.1) is 0 Å². The van der Waals surface area contributed by atoms with Crippen molar-refractivity contribution in [3.8, 4) is 0 Å². The highest BCUT2D eigenvalue weighted by Crippen LogP contribution is 2.22. The van der Waals surface area contributed by atoms with Crippen LogP contribution in [0.5, 0.6) is 0 Å². The highest BCUT2D eigenvalue weighted by atomic mass is 32.2. The predicted octanol–water partition coefficient (Wildman–Crippen LogP) is 4.37. The van der Waals surface area contributed by atoms with Crippen LogP contribution in [0.15, 0.2) is 66.1 Å². The quantitative estimate of drug-likeness (QED) is 0.331. The van der Waals surface area contributed by atoms with Crippen LogP contribution in [-0.2, 0) is 31.5 Å². The number of hydrogen-bond donors (Lipinski definition) is 1. The lowest BCUT2D eigenvalue weighted by Crippen LogP contribution is -2.49. The van der Waals surface area contributed by atoms with Crippen LogP contribution >= 0.6 is 0 Å². The zero-order chi connectivity index (χ0) is 25.4. The van der Waals surface area contributed by atoms with E-state index in [-0.39, 0.29) is 11.6 Å². The van der Waals surface area contributed by atoms with E-state index in [0.29, 0.717) is 6.42 Å². The molecule has 3 rings (SSSR count). The maximum absolute atomic E-state index is 13.6. The maximum atomic E-state index is 13.6. The first kappa shape index (κ1) is 26.5. The van der Waals surface area contributed by atoms with E-state index in [2.05, 4.69) is 15.3 Å². The summed E-state index contributed by atoms with van der Waals surface area (Å²) in [4.78, 5) is 34.7. The molecule has 0 aliphatic rings. The number of carbonyl (C=O) groups is 2. The van der Waals surface area contributed by atoms with E-state index in [0.717, 1.165) is 29.2 Å². The van der Waals surface area contributed by atoms with Gasteiger partial charge in [-0.3, -0.25) is 9.00 Å². The monoisotopic (exact) mass is 495 g/mol. The number of nitrogens with one attached hydrogen (secondary N) is 1. The van der Waals surface area contributed by atoms with Crippen molar-refractivity contribution in [1.82, 2.24) is 15.3 Å². The summed E-state index contributed by atoms with van der Waals surface area (Å²) in [6.45, 7) is 7.37. The van der Waals surface area contributed by atoms with Crippen molar-refractivity contribution in [3.63, 3.8) is 0 Å². The number of hydrogen-bond acceptors (Lipinski definition) is 6. The van der Waals surface area contributed by atoms with Crippen molar-refractivity contribution in [2.24, 2.45) is 0 Å². The van der Waals surface area contributed by atoms with Crippen LogP contribution in [-0.4, -0.2) is 42.9 Å². The van der Waals surface area contributed by atoms with Crippen LogP contribution in [0.2, 0.25) is 0 Å². The van der Waals surface area contributed by atoms with Crippen LogP contribution in [0.3, 0.4) is 0 Å². The number of unbranched alkanes of at least 4 members (excludes halogenated alkanes) is 1. The molecule has 1 heterocycles. The molecule has 8 heteroatoms. The Labute approximate surface area is 209 Å². The molecule has 1 amide bonds. The second-order valence-electron chi connectivity index (χ2n) is 9.40. The van der Waals surface area contributed by atoms with Gasteiger partial charge >= 0.3 is 5.97 Å². The van der Waals surface area contributed by atoms with Crippen molar-refractivity contribution < 1.29 is 18.5 Å². The summed E-state index contributed by atoms with van der Waals surface area (Å²) in [6.07, 6.45) is 5.23. The Morgan fingerprint density at radius 3 is 2.40 bits per heavy atom. The van der Waals surface area contributed by atoms with E-state index in [1.165, 1.54) is 12.4 Å². The Balaban J connectivity index is 1.93. The summed E-state index contributed by atoms with van der Waals surface area (Å²) >= 11 is 0. The van der Waals surface area contributed by atoms with Crippen LogP contribution in [0.4, 0.5) is 0 Å². The van der Waals surface area contributed by atoms with Gasteiger partial charge in [-0.05, 0) is 56.0 Å². The summed E-state index contributed by atoms with van der Waals surface area (Å²) in [5.41, 5.74) is 0.199. The zero-order valence-electron chi connectivity index (χ0n) is 20.7. The van der Waals surface area contributed by atoms with Gasteiger partial charge in [-0.2, -0.15) is 0 Å². The fourth-order valence-corrected chi connectivity index (χ4v) is 4.92. The van der Waals surface area contributed by atoms with Gasteiger partial charge in [0.2, 0.25) is 11.1 Å². The van der Waals surface area contributed by atoms with Gasteiger partial charge in [-0.25, -0.2) is 14.8 Å². The molecule has 0 aliphatic carbocycles. The van der Waals surface area contributed by atoms with E-state index in [1.807, 2.05) is 49.4 Å². The smallest absolute Gasteiger partial charge is 0.329 e. The number of benzene rings is 2. The van der Waals surface area contributed by atoms with E-state index < -0.39 is 39.6 Å². The standard InChI is InChI=1S/C27H33N3O4S/c1-5-6-15-22(25(32)34-27(2,3)4)30-24(31)23(35(33)26-28-16-10-17-29-26)18-20-13-9-12-19-11-7-8-14-21(19)20/h7-14,16-17,22-23H,5-6,15,18H2,1-4H3,(H,30,31)/t22-,23-,35?/m0/s1. The molecule has 1 N–H and O–H groups in total. The number of aromatic nitrogens is 2. The normalized spacial score (nSPS) is 14.2. The Kier molecular flexibility index (Phi) is 9.09. The average Bonchev–Trinajstić information content (AvgIpc) is 2.84. The Morgan fingerprint density at radius 1 is 1.03 bits per heavy atom. The number of rotatable bonds is 10. The summed E-state index contributed by atoms with van der Waals surface area (Å²) in [7, 11) is -1.84. The molecule has 3 aromatic rings. The minimum atomic E-state index is -1.84. The lowest BCUT2D eigenvalue weighted by atomic mass is 10.0. The predicted molar refractivity (Wildman–Crippen MR) is 137 cm³/mol. The SMILES string of the molecule is CCCC[C@H](NC(=O)[C@H](Cc1cccc2ccccc12)S(=O)c1ncccn1)C(=O)OC(C)(C)C. The van der Waals surface area contributed by atoms with Crippen LogP contribution < -0.4 is 5.32 Å². The van der Waals surface area contributed by atoms with Crippen LogP contribution in [0.1, 0.15) is 52.5 Å². The molecule has 1 unspecified atom stereocenters. The minimum absolute atomic E-state index is 0.0789. The molecule has 35 heavy (non-hydrogen) atoms. The highest BCUT2D eigenvalue weighted by molar-refractivity contribution is 7.86. The maximum Gasteiger partial charge on any atom is 0.329 e. The first-order valence-electron chi connectivity index (χ1n) is 11.9. The summed E-state index contributed by atoms with van der Waals surface area (Å²) in [5, 5.41) is 3.93. The molecule has 7 nitrogen and oxygen atoms in total. The van der Waals surface area contributed by atoms with Crippen molar-refractivity contribution >= 4 is 33.4 Å². The lowest BCUT2D eigenvalue weighted by Gasteiger charge is -2.26. The average molecular weight is 496 g/mol. The third-order valence-corrected chi connectivity index (χ3v) is 6.88. The molecule has 0 saturated heterocycles. The van der Waals surface area contributed by atoms with Gasteiger partial charge in [-0.1, -0.05) is 62.2 Å². The third kappa shape index (κ3) is 7.42. The number of ether oxygens (including phenoxy) is 1. The van der Waals surface area contributed by atoms with E-state index in [4.69, 9.17) is 4.74 Å². The number of fused-ring (bicyclic) bond motifs is 1. The first-order valence-corrected chi connectivity index (χ1v) is 13.1. The fraction of sp³-hybridized carbons (Fsp3) is 0.407. The number of nitrogens with zero attached hydrogens (tertiary/aromatic N) is 2. The topological polar surface area (TPSA) is 98.3 Å². The molecular weight excluding hydrogens is 462 g/mol. The van der Waals surface area contributed by atoms with Gasteiger partial charge in [0.1, 0.15) is 27.7 Å². The lowest BCUT2D eigenvalue weighted by molar-refractivity contribution is -0.158. The van der Waals surface area contributed by atoms with Crippen molar-refractivity contribution in [2.45, 2.75) is 75.4 Å². The minimum Gasteiger partial charge on any atom is -0.458 e. The molecule has 0 radical (unpaired) electrons. The number of carbonyl (C=O) groups excluding carboxylic acids is 2. The molecule has 3 atom stereocenters. The molecule has 1 aromatic heterocycles. The summed E-state index contributed by atoms with van der Waals surface area (Å²) < 4.78 is 19.1. The Hall–Kier alpha value is -3.13. The summed E-state index contributed by atoms with van der Waals surface area (Å²) in [5.74, 6) is -0.986. The van der Waals surface area contributed by atoms with Gasteiger partial charge in [0.05, 0.1) is 0 Å². The van der Waals surface area contributed by atoms with Gasteiger partial charge in [0.25, 0.3) is 0 Å². The van der Waals surface area contributed by atoms with E-state index in [9.17, 15) is 13.8 Å². The van der Waals surface area contributed by atoms with Crippen molar-refractivity contribution in [3.05, 3.63) is 66.5 Å². The van der Waals surface area contributed by atoms with Crippen molar-refractivity contribution in [2.75, 3.05) is 0 Å². The Morgan fingerprint density at radius 2 is 1.71 bits per heavy atom. The molecule has 0 saturated carbocycles. The van der Waals surface area contributed by atoms with Crippen LogP contribution in [0, 0.1) is 0 Å². The first-order chi connectivity index (χ1) is 16.7. The highest BCUT2D eigenvalue weighted by Gasteiger charge is 2.33. The summed E-state index contributed by atoms with van der Waals surface area (Å²) in [6, 6.07) is 14.5. The molecule has 0 aliphatic heterocycles. The van der Waals surface area contributed by atoms with Crippen LogP contribution in [0.25, 0.3) is 10.8 Å². The number of amides is 1. The fourth-order valence-electron chi connectivity index (χ4n) is 3.75. The second-order valence-corrected chi connectivity index (χ2v) is 10.9. The molecule has 0 bridgehead atoms. The second kappa shape index (κ2) is 12.0.